The molecule has 0 aliphatic heterocycles. The zero-order valence-corrected chi connectivity index (χ0v) is 33.0. The SMILES string of the molecule is c1ccc(-c2ccc(N(c3ccc(-c4cccc5c6ccccc6n(-c6ccccc6)c45)cc3)c3ccccc3-c3cccc4cccc(-c5ccccc5)c34)cc2)cc1. The number of hydrogen-bond donors (Lipinski definition) is 0. The molecule has 0 radical (unpaired) electrons. The molecule has 0 atom stereocenters. The summed E-state index contributed by atoms with van der Waals surface area (Å²) in [6, 6.07) is 87.8. The Morgan fingerprint density at radius 3 is 1.50 bits per heavy atom. The topological polar surface area (TPSA) is 8.17 Å². The molecule has 0 fully saturated rings. The molecule has 0 unspecified atom stereocenters. The first-order valence-corrected chi connectivity index (χ1v) is 20.6. The number of para-hydroxylation sites is 4. The summed E-state index contributed by atoms with van der Waals surface area (Å²) < 4.78 is 2.42. The van der Waals surface area contributed by atoms with Crippen molar-refractivity contribution in [1.82, 2.24) is 4.57 Å². The third kappa shape index (κ3) is 6.14. The van der Waals surface area contributed by atoms with Gasteiger partial charge in [-0.25, -0.2) is 0 Å². The molecule has 0 amide bonds. The highest BCUT2D eigenvalue weighted by Gasteiger charge is 2.21. The fraction of sp³-hybridized carbons (Fsp3) is 0. The van der Waals surface area contributed by atoms with Crippen molar-refractivity contribution in [3.63, 3.8) is 0 Å². The van der Waals surface area contributed by atoms with E-state index in [0.29, 0.717) is 0 Å². The minimum absolute atomic E-state index is 1.08. The molecule has 0 aliphatic rings. The third-order valence-corrected chi connectivity index (χ3v) is 11.8. The van der Waals surface area contributed by atoms with Gasteiger partial charge in [-0.15, -0.1) is 0 Å². The Kier molecular flexibility index (Phi) is 8.87. The molecule has 282 valence electrons. The maximum Gasteiger partial charge on any atom is 0.0619 e. The van der Waals surface area contributed by atoms with Crippen LogP contribution in [0.4, 0.5) is 17.1 Å². The smallest absolute Gasteiger partial charge is 0.0619 e. The minimum atomic E-state index is 1.08. The molecule has 11 rings (SSSR count). The fourth-order valence-electron chi connectivity index (χ4n) is 9.07. The van der Waals surface area contributed by atoms with E-state index in [1.807, 2.05) is 0 Å². The molecule has 0 spiro atoms. The van der Waals surface area contributed by atoms with E-state index in [4.69, 9.17) is 0 Å². The molecule has 0 saturated heterocycles. The van der Waals surface area contributed by atoms with E-state index in [0.717, 1.165) is 22.7 Å². The van der Waals surface area contributed by atoms with Gasteiger partial charge >= 0.3 is 0 Å². The second kappa shape index (κ2) is 15.1. The highest BCUT2D eigenvalue weighted by atomic mass is 15.1. The van der Waals surface area contributed by atoms with Gasteiger partial charge < -0.3 is 9.47 Å². The maximum atomic E-state index is 2.42. The summed E-state index contributed by atoms with van der Waals surface area (Å²) in [6.45, 7) is 0. The molecule has 0 N–H and O–H groups in total. The third-order valence-electron chi connectivity index (χ3n) is 11.8. The number of aromatic nitrogens is 1. The van der Waals surface area contributed by atoms with Gasteiger partial charge in [-0.3, -0.25) is 0 Å². The Balaban J connectivity index is 1.09. The van der Waals surface area contributed by atoms with Gasteiger partial charge in [-0.2, -0.15) is 0 Å². The van der Waals surface area contributed by atoms with E-state index in [9.17, 15) is 0 Å². The van der Waals surface area contributed by atoms with Gasteiger partial charge in [0.25, 0.3) is 0 Å². The predicted molar refractivity (Wildman–Crippen MR) is 255 cm³/mol. The van der Waals surface area contributed by atoms with Crippen LogP contribution in [-0.4, -0.2) is 4.57 Å². The van der Waals surface area contributed by atoms with E-state index in [-0.39, 0.29) is 0 Å². The predicted octanol–water partition coefficient (Wildman–Crippen LogP) is 16.1. The molecule has 0 bridgehead atoms. The standard InChI is InChI=1S/C58H40N2/c1-4-17-41(18-5-1)42-33-37-47(38-34-42)59(55-31-12-10-25-51(55)53-29-15-22-45-21-14-27-49(57(45)53)43-19-6-2-7-20-43)48-39-35-44(36-40-48)50-28-16-30-54-52-26-11-13-32-56(52)60(58(50)54)46-23-8-3-9-24-46/h1-40H. The van der Waals surface area contributed by atoms with Gasteiger partial charge in [-0.1, -0.05) is 194 Å². The highest BCUT2D eigenvalue weighted by molar-refractivity contribution is 6.14. The molecular formula is C58H40N2. The summed E-state index contributed by atoms with van der Waals surface area (Å²) in [6.07, 6.45) is 0. The van der Waals surface area contributed by atoms with Crippen molar-refractivity contribution in [2.75, 3.05) is 4.90 Å². The number of anilines is 3. The van der Waals surface area contributed by atoms with E-state index < -0.39 is 0 Å². The second-order valence-corrected chi connectivity index (χ2v) is 15.3. The average molecular weight is 765 g/mol. The molecule has 11 aromatic rings. The van der Waals surface area contributed by atoms with Crippen molar-refractivity contribution in [3.05, 3.63) is 243 Å². The van der Waals surface area contributed by atoms with E-state index in [1.165, 1.54) is 77.1 Å². The highest BCUT2D eigenvalue weighted by Crippen LogP contribution is 2.46. The van der Waals surface area contributed by atoms with Crippen LogP contribution in [0.25, 0.3) is 82.8 Å². The van der Waals surface area contributed by atoms with Crippen LogP contribution in [0.3, 0.4) is 0 Å². The normalized spacial score (nSPS) is 11.3. The first-order chi connectivity index (χ1) is 29.8. The number of hydrogen-bond acceptors (Lipinski definition) is 1. The lowest BCUT2D eigenvalue weighted by Crippen LogP contribution is -2.11. The Morgan fingerprint density at radius 1 is 0.300 bits per heavy atom. The molecule has 2 heteroatoms. The zero-order valence-electron chi connectivity index (χ0n) is 33.0. The molecule has 1 aromatic heterocycles. The summed E-state index contributed by atoms with van der Waals surface area (Å²) in [4.78, 5) is 2.42. The van der Waals surface area contributed by atoms with Crippen LogP contribution in [0.5, 0.6) is 0 Å². The van der Waals surface area contributed by atoms with Crippen LogP contribution in [0, 0.1) is 0 Å². The van der Waals surface area contributed by atoms with Crippen LogP contribution < -0.4 is 4.90 Å². The van der Waals surface area contributed by atoms with Crippen molar-refractivity contribution >= 4 is 49.6 Å². The van der Waals surface area contributed by atoms with Crippen LogP contribution in [-0.2, 0) is 0 Å². The quantitative estimate of drug-likeness (QED) is 0.150. The van der Waals surface area contributed by atoms with E-state index >= 15 is 0 Å². The Bertz CT molecular complexity index is 3270. The van der Waals surface area contributed by atoms with E-state index in [1.54, 1.807) is 0 Å². The van der Waals surface area contributed by atoms with Crippen LogP contribution in [0.15, 0.2) is 243 Å². The zero-order chi connectivity index (χ0) is 39.8. The summed E-state index contributed by atoms with van der Waals surface area (Å²) in [5.41, 5.74) is 16.4. The lowest BCUT2D eigenvalue weighted by atomic mass is 9.90. The molecular weight excluding hydrogens is 725 g/mol. The van der Waals surface area contributed by atoms with E-state index in [2.05, 4.69) is 252 Å². The van der Waals surface area contributed by atoms with Crippen LogP contribution >= 0.6 is 0 Å². The maximum absolute atomic E-state index is 2.42. The summed E-state index contributed by atoms with van der Waals surface area (Å²) in [5, 5.41) is 4.96. The van der Waals surface area contributed by atoms with Gasteiger partial charge in [0.05, 0.1) is 16.7 Å². The van der Waals surface area contributed by atoms with Crippen molar-refractivity contribution in [2.24, 2.45) is 0 Å². The van der Waals surface area contributed by atoms with Gasteiger partial charge in [-0.05, 0) is 92.7 Å². The number of fused-ring (bicyclic) bond motifs is 4. The Morgan fingerprint density at radius 2 is 0.783 bits per heavy atom. The molecule has 60 heavy (non-hydrogen) atoms. The van der Waals surface area contributed by atoms with Gasteiger partial charge in [0.2, 0.25) is 0 Å². The van der Waals surface area contributed by atoms with Crippen molar-refractivity contribution < 1.29 is 0 Å². The Hall–Kier alpha value is -7.94. The summed E-state index contributed by atoms with van der Waals surface area (Å²) in [7, 11) is 0. The molecule has 2 nitrogen and oxygen atoms in total. The molecule has 10 aromatic carbocycles. The first-order valence-electron chi connectivity index (χ1n) is 20.6. The second-order valence-electron chi connectivity index (χ2n) is 15.3. The van der Waals surface area contributed by atoms with Crippen LogP contribution in [0.1, 0.15) is 0 Å². The van der Waals surface area contributed by atoms with Crippen molar-refractivity contribution in [1.29, 1.82) is 0 Å². The number of nitrogens with zero attached hydrogens (tertiary/aromatic N) is 2. The molecule has 1 heterocycles. The van der Waals surface area contributed by atoms with Crippen LogP contribution in [0.2, 0.25) is 0 Å². The molecule has 0 aliphatic carbocycles. The van der Waals surface area contributed by atoms with Gasteiger partial charge in [0.1, 0.15) is 0 Å². The molecule has 0 saturated carbocycles. The monoisotopic (exact) mass is 764 g/mol. The number of rotatable bonds is 8. The number of benzene rings is 10. The van der Waals surface area contributed by atoms with Gasteiger partial charge in [0.15, 0.2) is 0 Å². The fourth-order valence-corrected chi connectivity index (χ4v) is 9.07. The minimum Gasteiger partial charge on any atom is -0.310 e. The van der Waals surface area contributed by atoms with Crippen molar-refractivity contribution in [2.45, 2.75) is 0 Å². The first kappa shape index (κ1) is 35.2. The lowest BCUT2D eigenvalue weighted by Gasteiger charge is -2.29. The summed E-state index contributed by atoms with van der Waals surface area (Å²) >= 11 is 0. The Labute approximate surface area is 350 Å². The largest absolute Gasteiger partial charge is 0.310 e. The van der Waals surface area contributed by atoms with Gasteiger partial charge in [0, 0.05) is 39.0 Å². The lowest BCUT2D eigenvalue weighted by molar-refractivity contribution is 1.18. The summed E-state index contributed by atoms with van der Waals surface area (Å²) in [5.74, 6) is 0. The average Bonchev–Trinajstić information content (AvgIpc) is 3.67. The van der Waals surface area contributed by atoms with Crippen molar-refractivity contribution in [3.8, 4) is 50.2 Å².